The predicted octanol–water partition coefficient (Wildman–Crippen LogP) is 3.33. The fraction of sp³-hybridized carbons (Fsp3) is 0.222. The van der Waals surface area contributed by atoms with E-state index in [2.05, 4.69) is 30.8 Å². The largest absolute Gasteiger partial charge is 0.496 e. The first-order valence-corrected chi connectivity index (χ1v) is 8.35. The molecule has 0 aliphatic heterocycles. The molecule has 0 atom stereocenters. The normalized spacial score (nSPS) is 11.2. The SMILES string of the molecule is COc1ccc(Br)cc1CN(C)Cc1nc2ccccc2c(=O)[nH]1. The average molecular weight is 388 g/mol. The predicted molar refractivity (Wildman–Crippen MR) is 98.2 cm³/mol. The van der Waals surface area contributed by atoms with Crippen LogP contribution < -0.4 is 10.3 Å². The van der Waals surface area contributed by atoms with Crippen molar-refractivity contribution in [2.45, 2.75) is 13.1 Å². The van der Waals surface area contributed by atoms with Gasteiger partial charge in [-0.25, -0.2) is 4.98 Å². The lowest BCUT2D eigenvalue weighted by Crippen LogP contribution is -2.22. The van der Waals surface area contributed by atoms with Crippen LogP contribution in [0.2, 0.25) is 0 Å². The highest BCUT2D eigenvalue weighted by Gasteiger charge is 2.10. The van der Waals surface area contributed by atoms with Crippen molar-refractivity contribution in [2.24, 2.45) is 0 Å². The van der Waals surface area contributed by atoms with Crippen molar-refractivity contribution in [3.8, 4) is 5.75 Å². The van der Waals surface area contributed by atoms with Gasteiger partial charge in [-0.3, -0.25) is 9.69 Å². The van der Waals surface area contributed by atoms with Gasteiger partial charge in [-0.05, 0) is 37.4 Å². The molecule has 1 aromatic heterocycles. The van der Waals surface area contributed by atoms with Gasteiger partial charge in [-0.15, -0.1) is 0 Å². The minimum absolute atomic E-state index is 0.107. The summed E-state index contributed by atoms with van der Waals surface area (Å²) in [5.41, 5.74) is 1.67. The number of aromatic nitrogens is 2. The van der Waals surface area contributed by atoms with Crippen LogP contribution in [0.4, 0.5) is 0 Å². The summed E-state index contributed by atoms with van der Waals surface area (Å²) in [6.07, 6.45) is 0. The number of rotatable bonds is 5. The van der Waals surface area contributed by atoms with Crippen molar-refractivity contribution in [2.75, 3.05) is 14.2 Å². The summed E-state index contributed by atoms with van der Waals surface area (Å²) in [4.78, 5) is 21.6. The number of nitrogens with one attached hydrogen (secondary N) is 1. The maximum Gasteiger partial charge on any atom is 0.258 e. The number of hydrogen-bond donors (Lipinski definition) is 1. The van der Waals surface area contributed by atoms with Crippen molar-refractivity contribution in [1.29, 1.82) is 0 Å². The van der Waals surface area contributed by atoms with E-state index < -0.39 is 0 Å². The quantitative estimate of drug-likeness (QED) is 0.729. The number of aromatic amines is 1. The van der Waals surface area contributed by atoms with Gasteiger partial charge in [0, 0.05) is 16.6 Å². The van der Waals surface area contributed by atoms with Crippen LogP contribution in [0.1, 0.15) is 11.4 Å². The minimum atomic E-state index is -0.107. The molecular weight excluding hydrogens is 370 g/mol. The van der Waals surface area contributed by atoms with E-state index >= 15 is 0 Å². The Balaban J connectivity index is 1.81. The highest BCUT2D eigenvalue weighted by atomic mass is 79.9. The molecule has 2 aromatic carbocycles. The van der Waals surface area contributed by atoms with Crippen LogP contribution in [-0.4, -0.2) is 29.0 Å². The van der Waals surface area contributed by atoms with Crippen LogP contribution in [0, 0.1) is 0 Å². The Morgan fingerprint density at radius 1 is 1.21 bits per heavy atom. The summed E-state index contributed by atoms with van der Waals surface area (Å²) in [5, 5.41) is 0.609. The average Bonchev–Trinajstić information content (AvgIpc) is 2.55. The second-order valence-corrected chi connectivity index (χ2v) is 6.57. The molecule has 3 rings (SSSR count). The van der Waals surface area contributed by atoms with E-state index in [1.807, 2.05) is 43.4 Å². The monoisotopic (exact) mass is 387 g/mol. The number of fused-ring (bicyclic) bond motifs is 1. The molecule has 0 aliphatic rings. The number of H-pyrrole nitrogens is 1. The van der Waals surface area contributed by atoms with Crippen LogP contribution in [0.3, 0.4) is 0 Å². The summed E-state index contributed by atoms with van der Waals surface area (Å²) in [6.45, 7) is 1.22. The second kappa shape index (κ2) is 7.15. The van der Waals surface area contributed by atoms with E-state index in [0.29, 0.717) is 29.8 Å². The molecule has 0 radical (unpaired) electrons. The lowest BCUT2D eigenvalue weighted by atomic mass is 10.2. The van der Waals surface area contributed by atoms with E-state index in [1.54, 1.807) is 13.2 Å². The molecule has 3 aromatic rings. The van der Waals surface area contributed by atoms with E-state index in [0.717, 1.165) is 15.8 Å². The third-order valence-electron chi connectivity index (χ3n) is 3.76. The van der Waals surface area contributed by atoms with Gasteiger partial charge in [0.05, 0.1) is 24.6 Å². The molecule has 24 heavy (non-hydrogen) atoms. The fourth-order valence-corrected chi connectivity index (χ4v) is 3.09. The number of methoxy groups -OCH3 is 1. The Morgan fingerprint density at radius 3 is 2.79 bits per heavy atom. The summed E-state index contributed by atoms with van der Waals surface area (Å²) in [5.74, 6) is 1.49. The van der Waals surface area contributed by atoms with Crippen molar-refractivity contribution in [3.05, 3.63) is 68.7 Å². The van der Waals surface area contributed by atoms with Crippen molar-refractivity contribution in [3.63, 3.8) is 0 Å². The zero-order valence-corrected chi connectivity index (χ0v) is 15.1. The molecule has 0 saturated carbocycles. The minimum Gasteiger partial charge on any atom is -0.496 e. The van der Waals surface area contributed by atoms with Gasteiger partial charge in [0.25, 0.3) is 5.56 Å². The van der Waals surface area contributed by atoms with Gasteiger partial charge in [-0.2, -0.15) is 0 Å². The van der Waals surface area contributed by atoms with Crippen LogP contribution >= 0.6 is 15.9 Å². The Labute approximate surface area is 148 Å². The maximum absolute atomic E-state index is 12.1. The third-order valence-corrected chi connectivity index (χ3v) is 4.26. The van der Waals surface area contributed by atoms with Crippen LogP contribution in [0.15, 0.2) is 51.7 Å². The number of halogens is 1. The van der Waals surface area contributed by atoms with Crippen molar-refractivity contribution in [1.82, 2.24) is 14.9 Å². The molecule has 0 spiro atoms. The molecule has 0 bridgehead atoms. The zero-order valence-electron chi connectivity index (χ0n) is 13.5. The lowest BCUT2D eigenvalue weighted by Gasteiger charge is -2.18. The first-order valence-electron chi connectivity index (χ1n) is 7.55. The Morgan fingerprint density at radius 2 is 2.00 bits per heavy atom. The van der Waals surface area contributed by atoms with Gasteiger partial charge >= 0.3 is 0 Å². The van der Waals surface area contributed by atoms with Gasteiger partial charge in [0.2, 0.25) is 0 Å². The third kappa shape index (κ3) is 3.66. The molecule has 6 heteroatoms. The molecule has 124 valence electrons. The molecule has 1 N–H and O–H groups in total. The summed E-state index contributed by atoms with van der Waals surface area (Å²) in [7, 11) is 3.64. The first-order chi connectivity index (χ1) is 11.6. The molecule has 0 aliphatic carbocycles. The lowest BCUT2D eigenvalue weighted by molar-refractivity contribution is 0.302. The number of nitrogens with zero attached hydrogens (tertiary/aromatic N) is 2. The molecule has 0 unspecified atom stereocenters. The Kier molecular flexibility index (Phi) is 4.97. The number of para-hydroxylation sites is 1. The highest BCUT2D eigenvalue weighted by molar-refractivity contribution is 9.10. The summed E-state index contributed by atoms with van der Waals surface area (Å²) < 4.78 is 6.41. The zero-order chi connectivity index (χ0) is 17.1. The van der Waals surface area contributed by atoms with E-state index in [-0.39, 0.29) is 5.56 Å². The number of benzene rings is 2. The number of hydrogen-bond acceptors (Lipinski definition) is 4. The highest BCUT2D eigenvalue weighted by Crippen LogP contribution is 2.24. The van der Waals surface area contributed by atoms with Gasteiger partial charge < -0.3 is 9.72 Å². The molecule has 0 amide bonds. The Hall–Kier alpha value is -2.18. The van der Waals surface area contributed by atoms with Crippen molar-refractivity contribution < 1.29 is 4.74 Å². The van der Waals surface area contributed by atoms with Gasteiger partial charge in [0.1, 0.15) is 11.6 Å². The first kappa shape index (κ1) is 16.7. The molecule has 5 nitrogen and oxygen atoms in total. The maximum atomic E-state index is 12.1. The summed E-state index contributed by atoms with van der Waals surface area (Å²) in [6, 6.07) is 13.3. The second-order valence-electron chi connectivity index (χ2n) is 5.66. The molecule has 0 saturated heterocycles. The molecule has 0 fully saturated rings. The summed E-state index contributed by atoms with van der Waals surface area (Å²) >= 11 is 3.49. The van der Waals surface area contributed by atoms with E-state index in [1.165, 1.54) is 0 Å². The standard InChI is InChI=1S/C18H18BrN3O2/c1-22(10-12-9-13(19)7-8-16(12)24-2)11-17-20-15-6-4-3-5-14(15)18(23)21-17/h3-9H,10-11H2,1-2H3,(H,20,21,23). The van der Waals surface area contributed by atoms with Crippen LogP contribution in [-0.2, 0) is 13.1 Å². The van der Waals surface area contributed by atoms with Gasteiger partial charge in [0.15, 0.2) is 0 Å². The van der Waals surface area contributed by atoms with Gasteiger partial charge in [-0.1, -0.05) is 28.1 Å². The topological polar surface area (TPSA) is 58.2 Å². The van der Waals surface area contributed by atoms with Crippen molar-refractivity contribution >= 4 is 26.8 Å². The Bertz CT molecular complexity index is 924. The van der Waals surface area contributed by atoms with E-state index in [4.69, 9.17) is 4.74 Å². The molecular formula is C18H18BrN3O2. The number of ether oxygens (including phenoxy) is 1. The smallest absolute Gasteiger partial charge is 0.258 e. The van der Waals surface area contributed by atoms with E-state index in [9.17, 15) is 4.79 Å². The fourth-order valence-electron chi connectivity index (χ4n) is 2.68. The van der Waals surface area contributed by atoms with Crippen LogP contribution in [0.25, 0.3) is 10.9 Å². The molecule has 1 heterocycles. The van der Waals surface area contributed by atoms with Crippen LogP contribution in [0.5, 0.6) is 5.75 Å².